The van der Waals surface area contributed by atoms with E-state index in [1.165, 1.54) is 0 Å². The fourth-order valence-corrected chi connectivity index (χ4v) is 4.36. The van der Waals surface area contributed by atoms with Crippen molar-refractivity contribution in [3.63, 3.8) is 0 Å². The zero-order valence-corrected chi connectivity index (χ0v) is 12.6. The predicted octanol–water partition coefficient (Wildman–Crippen LogP) is 0.917. The van der Waals surface area contributed by atoms with Gasteiger partial charge in [0.25, 0.3) is 0 Å². The Bertz CT molecular complexity index is 572. The Morgan fingerprint density at radius 2 is 2.15 bits per heavy atom. The van der Waals surface area contributed by atoms with Gasteiger partial charge in [-0.3, -0.25) is 4.79 Å². The highest BCUT2D eigenvalue weighted by molar-refractivity contribution is 7.92. The van der Waals surface area contributed by atoms with E-state index in [1.54, 1.807) is 0 Å². The van der Waals surface area contributed by atoms with E-state index in [9.17, 15) is 13.2 Å². The molecule has 20 heavy (non-hydrogen) atoms. The number of nitrogens with one attached hydrogen (secondary N) is 1. The van der Waals surface area contributed by atoms with Crippen LogP contribution in [0.25, 0.3) is 0 Å². The number of amides is 1. The van der Waals surface area contributed by atoms with Crippen molar-refractivity contribution in [1.29, 1.82) is 0 Å². The highest BCUT2D eigenvalue weighted by Crippen LogP contribution is 2.19. The number of sulfone groups is 1. The standard InChI is InChI=1S/C13H20N2O4S/c1-9-11(10(2)19-15-9)6-7-14-13(16)12-5-3-4-8-20(12,17)18/h12H,3-8H2,1-2H3,(H,14,16). The van der Waals surface area contributed by atoms with Crippen LogP contribution in [0.1, 0.15) is 36.3 Å². The van der Waals surface area contributed by atoms with E-state index in [4.69, 9.17) is 4.52 Å². The Kier molecular flexibility index (Phi) is 4.47. The second-order valence-corrected chi connectivity index (χ2v) is 7.50. The van der Waals surface area contributed by atoms with E-state index in [0.29, 0.717) is 25.8 Å². The van der Waals surface area contributed by atoms with Crippen LogP contribution < -0.4 is 5.32 Å². The molecule has 1 aliphatic rings. The van der Waals surface area contributed by atoms with Crippen molar-refractivity contribution in [2.45, 2.75) is 44.8 Å². The van der Waals surface area contributed by atoms with E-state index in [1.807, 2.05) is 13.8 Å². The largest absolute Gasteiger partial charge is 0.361 e. The Balaban J connectivity index is 1.89. The number of carbonyl (C=O) groups excluding carboxylic acids is 1. The minimum absolute atomic E-state index is 0.120. The van der Waals surface area contributed by atoms with Crippen LogP contribution in [0.15, 0.2) is 4.52 Å². The normalized spacial score (nSPS) is 21.6. The number of aryl methyl sites for hydroxylation is 2. The molecule has 0 bridgehead atoms. The third-order valence-electron chi connectivity index (χ3n) is 3.73. The Morgan fingerprint density at radius 3 is 2.75 bits per heavy atom. The van der Waals surface area contributed by atoms with Gasteiger partial charge in [-0.05, 0) is 33.1 Å². The van der Waals surface area contributed by atoms with Crippen molar-refractivity contribution in [2.24, 2.45) is 0 Å². The molecule has 0 spiro atoms. The first kappa shape index (κ1) is 15.0. The average Bonchev–Trinajstić information content (AvgIpc) is 2.69. The van der Waals surface area contributed by atoms with Crippen molar-refractivity contribution in [3.05, 3.63) is 17.0 Å². The zero-order valence-electron chi connectivity index (χ0n) is 11.8. The van der Waals surface area contributed by atoms with Gasteiger partial charge < -0.3 is 9.84 Å². The Labute approximate surface area is 118 Å². The molecule has 0 saturated carbocycles. The van der Waals surface area contributed by atoms with Crippen molar-refractivity contribution in [2.75, 3.05) is 12.3 Å². The first-order chi connectivity index (χ1) is 9.42. The smallest absolute Gasteiger partial charge is 0.238 e. The number of aromatic nitrogens is 1. The van der Waals surface area contributed by atoms with Gasteiger partial charge in [0, 0.05) is 12.1 Å². The maximum atomic E-state index is 12.0. The van der Waals surface area contributed by atoms with E-state index < -0.39 is 15.1 Å². The van der Waals surface area contributed by atoms with Gasteiger partial charge in [-0.2, -0.15) is 0 Å². The summed E-state index contributed by atoms with van der Waals surface area (Å²) in [6.45, 7) is 4.07. The number of carbonyl (C=O) groups is 1. The summed E-state index contributed by atoms with van der Waals surface area (Å²) in [6.07, 6.45) is 2.48. The van der Waals surface area contributed by atoms with Crippen LogP contribution in [0.3, 0.4) is 0 Å². The van der Waals surface area contributed by atoms with Gasteiger partial charge in [-0.15, -0.1) is 0 Å². The van der Waals surface area contributed by atoms with Crippen LogP contribution in [-0.2, 0) is 21.1 Å². The van der Waals surface area contributed by atoms with Crippen LogP contribution in [0.5, 0.6) is 0 Å². The molecule has 1 aliphatic heterocycles. The molecule has 2 heterocycles. The van der Waals surface area contributed by atoms with E-state index in [0.717, 1.165) is 23.4 Å². The molecule has 1 N–H and O–H groups in total. The molecule has 0 radical (unpaired) electrons. The molecular formula is C13H20N2O4S. The van der Waals surface area contributed by atoms with Crippen LogP contribution >= 0.6 is 0 Å². The molecule has 6 nitrogen and oxygen atoms in total. The molecule has 1 aromatic heterocycles. The Hall–Kier alpha value is -1.37. The zero-order chi connectivity index (χ0) is 14.8. The average molecular weight is 300 g/mol. The van der Waals surface area contributed by atoms with E-state index in [2.05, 4.69) is 10.5 Å². The maximum Gasteiger partial charge on any atom is 0.238 e. The van der Waals surface area contributed by atoms with Gasteiger partial charge >= 0.3 is 0 Å². The number of hydrogen-bond acceptors (Lipinski definition) is 5. The van der Waals surface area contributed by atoms with Crippen molar-refractivity contribution < 1.29 is 17.7 Å². The van der Waals surface area contributed by atoms with E-state index in [-0.39, 0.29) is 11.7 Å². The molecule has 1 amide bonds. The summed E-state index contributed by atoms with van der Waals surface area (Å²) in [5.74, 6) is 0.480. The summed E-state index contributed by atoms with van der Waals surface area (Å²) < 4.78 is 28.7. The van der Waals surface area contributed by atoms with Gasteiger partial charge in [0.2, 0.25) is 5.91 Å². The number of rotatable bonds is 4. The van der Waals surface area contributed by atoms with Gasteiger partial charge in [0.1, 0.15) is 11.0 Å². The summed E-state index contributed by atoms with van der Waals surface area (Å²) in [6, 6.07) is 0. The first-order valence-electron chi connectivity index (χ1n) is 6.83. The lowest BCUT2D eigenvalue weighted by Gasteiger charge is -2.21. The minimum Gasteiger partial charge on any atom is -0.361 e. The van der Waals surface area contributed by atoms with Crippen LogP contribution in [0.2, 0.25) is 0 Å². The molecule has 2 rings (SSSR count). The molecule has 1 saturated heterocycles. The van der Waals surface area contributed by atoms with Crippen LogP contribution in [0, 0.1) is 13.8 Å². The van der Waals surface area contributed by atoms with Crippen LogP contribution in [-0.4, -0.2) is 37.0 Å². The highest BCUT2D eigenvalue weighted by atomic mass is 32.2. The van der Waals surface area contributed by atoms with Gasteiger partial charge in [-0.1, -0.05) is 11.6 Å². The molecule has 1 unspecified atom stereocenters. The summed E-state index contributed by atoms with van der Waals surface area (Å²) in [7, 11) is -3.27. The third kappa shape index (κ3) is 3.20. The summed E-state index contributed by atoms with van der Waals surface area (Å²) in [5.41, 5.74) is 1.78. The van der Waals surface area contributed by atoms with Crippen molar-refractivity contribution in [3.8, 4) is 0 Å². The molecule has 112 valence electrons. The SMILES string of the molecule is Cc1noc(C)c1CCNC(=O)C1CCCCS1(=O)=O. The fraction of sp³-hybridized carbons (Fsp3) is 0.692. The third-order valence-corrected chi connectivity index (χ3v) is 5.90. The van der Waals surface area contributed by atoms with E-state index >= 15 is 0 Å². The fourth-order valence-electron chi connectivity index (χ4n) is 2.53. The second-order valence-electron chi connectivity index (χ2n) is 5.20. The first-order valence-corrected chi connectivity index (χ1v) is 8.54. The van der Waals surface area contributed by atoms with Crippen molar-refractivity contribution >= 4 is 15.7 Å². The topological polar surface area (TPSA) is 89.3 Å². The molecule has 1 aromatic rings. The predicted molar refractivity (Wildman–Crippen MR) is 74.1 cm³/mol. The molecule has 0 aliphatic carbocycles. The second kappa shape index (κ2) is 5.95. The van der Waals surface area contributed by atoms with Gasteiger partial charge in [0.15, 0.2) is 9.84 Å². The minimum atomic E-state index is -3.27. The monoisotopic (exact) mass is 300 g/mol. The highest BCUT2D eigenvalue weighted by Gasteiger charge is 2.34. The molecule has 0 aromatic carbocycles. The van der Waals surface area contributed by atoms with Gasteiger partial charge in [-0.25, -0.2) is 8.42 Å². The lowest BCUT2D eigenvalue weighted by molar-refractivity contribution is -0.120. The van der Waals surface area contributed by atoms with Gasteiger partial charge in [0.05, 0.1) is 11.4 Å². The summed E-state index contributed by atoms with van der Waals surface area (Å²) >= 11 is 0. The molecule has 1 fully saturated rings. The number of hydrogen-bond donors (Lipinski definition) is 1. The van der Waals surface area contributed by atoms with Crippen LogP contribution in [0.4, 0.5) is 0 Å². The summed E-state index contributed by atoms with van der Waals surface area (Å²) in [4.78, 5) is 12.0. The number of nitrogens with zero attached hydrogens (tertiary/aromatic N) is 1. The molecule has 1 atom stereocenters. The summed E-state index contributed by atoms with van der Waals surface area (Å²) in [5, 5.41) is 5.68. The lowest BCUT2D eigenvalue weighted by Crippen LogP contribution is -2.43. The van der Waals surface area contributed by atoms with Crippen molar-refractivity contribution in [1.82, 2.24) is 10.5 Å². The lowest BCUT2D eigenvalue weighted by atomic mass is 10.1. The maximum absolute atomic E-state index is 12.0. The molecule has 7 heteroatoms. The Morgan fingerprint density at radius 1 is 1.40 bits per heavy atom. The quantitative estimate of drug-likeness (QED) is 0.893. The molecular weight excluding hydrogens is 280 g/mol.